The lowest BCUT2D eigenvalue weighted by atomic mass is 9.79. The first-order valence-electron chi connectivity index (χ1n) is 10.2. The summed E-state index contributed by atoms with van der Waals surface area (Å²) in [4.78, 5) is 20.4. The number of aromatic nitrogens is 1. The molecule has 0 atom stereocenters. The summed E-state index contributed by atoms with van der Waals surface area (Å²) in [6.07, 6.45) is 4.95. The van der Waals surface area contributed by atoms with Crippen molar-refractivity contribution < 1.29 is 22.7 Å². The lowest BCUT2D eigenvalue weighted by Crippen LogP contribution is -2.44. The van der Waals surface area contributed by atoms with Gasteiger partial charge in [0.15, 0.2) is 17.5 Å². The summed E-state index contributed by atoms with van der Waals surface area (Å²) in [5, 5.41) is 0. The van der Waals surface area contributed by atoms with Crippen LogP contribution in [0, 0.1) is 23.4 Å². The van der Waals surface area contributed by atoms with Gasteiger partial charge in [-0.2, -0.15) is 0 Å². The van der Waals surface area contributed by atoms with E-state index < -0.39 is 17.5 Å². The quantitative estimate of drug-likeness (QED) is 0.662. The molecule has 0 bridgehead atoms. The number of nitrogens with zero attached hydrogens (tertiary/aromatic N) is 3. The normalized spacial score (nSPS) is 20.8. The van der Waals surface area contributed by atoms with Crippen LogP contribution in [0.1, 0.15) is 31.9 Å². The second kappa shape index (κ2) is 8.16. The first-order valence-corrected chi connectivity index (χ1v) is 10.2. The number of carbonyl (C=O) groups is 1. The average molecular weight is 419 g/mol. The molecule has 1 saturated carbocycles. The molecular formula is C22H24F3N3O2. The molecular weight excluding hydrogens is 395 g/mol. The zero-order chi connectivity index (χ0) is 21.4. The third-order valence-electron chi connectivity index (χ3n) is 5.87. The number of rotatable bonds is 6. The van der Waals surface area contributed by atoms with Gasteiger partial charge in [0, 0.05) is 31.4 Å². The van der Waals surface area contributed by atoms with Crippen LogP contribution < -0.4 is 14.5 Å². The van der Waals surface area contributed by atoms with Crippen LogP contribution in [0.5, 0.6) is 5.75 Å². The predicted molar refractivity (Wildman–Crippen MR) is 107 cm³/mol. The summed E-state index contributed by atoms with van der Waals surface area (Å²) in [6, 6.07) is 3.80. The highest BCUT2D eigenvalue weighted by atomic mass is 19.2. The first kappa shape index (κ1) is 20.5. The maximum Gasteiger partial charge on any atom is 0.246 e. The number of hydrogen-bond donors (Lipinski definition) is 0. The Bertz CT molecular complexity index is 940. The average Bonchev–Trinajstić information content (AvgIpc) is 2.68. The van der Waals surface area contributed by atoms with Crippen LogP contribution in [-0.4, -0.2) is 37.1 Å². The number of likely N-dealkylation sites (N-methyl/N-ethyl adjacent to an activating group) is 2. The Morgan fingerprint density at radius 2 is 1.83 bits per heavy atom. The van der Waals surface area contributed by atoms with Crippen LogP contribution in [0.4, 0.5) is 24.5 Å². The molecule has 2 heterocycles. The van der Waals surface area contributed by atoms with Crippen molar-refractivity contribution in [1.82, 2.24) is 4.98 Å². The van der Waals surface area contributed by atoms with Crippen LogP contribution >= 0.6 is 0 Å². The zero-order valence-corrected chi connectivity index (χ0v) is 17.0. The van der Waals surface area contributed by atoms with Gasteiger partial charge in [-0.15, -0.1) is 0 Å². The lowest BCUT2D eigenvalue weighted by molar-refractivity contribution is -0.117. The molecule has 0 spiro atoms. The number of carbonyl (C=O) groups excluding carboxylic acids is 1. The standard InChI is InChI=1S/C22H24F3N3O2/c1-3-28-20-11-26-14(8-19(20)27(2)12-21(28)29)5-4-13-6-15(7-13)30-16-9-17(23)22(25)18(24)10-16/h8-11,13,15H,3-7,12H2,1-2H3. The third kappa shape index (κ3) is 3.95. The molecule has 1 fully saturated rings. The van der Waals surface area contributed by atoms with Gasteiger partial charge in [-0.25, -0.2) is 13.2 Å². The first-order chi connectivity index (χ1) is 14.4. The molecule has 4 rings (SSSR count). The maximum absolute atomic E-state index is 13.3. The third-order valence-corrected chi connectivity index (χ3v) is 5.87. The van der Waals surface area contributed by atoms with Gasteiger partial charge >= 0.3 is 0 Å². The number of pyridine rings is 1. The number of halogens is 3. The maximum atomic E-state index is 13.3. The summed E-state index contributed by atoms with van der Waals surface area (Å²) in [5.74, 6) is -3.44. The van der Waals surface area contributed by atoms with Crippen molar-refractivity contribution in [1.29, 1.82) is 0 Å². The van der Waals surface area contributed by atoms with Crippen molar-refractivity contribution in [2.45, 2.75) is 38.7 Å². The number of amides is 1. The van der Waals surface area contributed by atoms with E-state index in [2.05, 4.69) is 4.98 Å². The van der Waals surface area contributed by atoms with E-state index in [0.29, 0.717) is 19.0 Å². The molecule has 8 heteroatoms. The molecule has 30 heavy (non-hydrogen) atoms. The Morgan fingerprint density at radius 1 is 1.13 bits per heavy atom. The molecule has 160 valence electrons. The second-order valence-corrected chi connectivity index (χ2v) is 7.98. The second-order valence-electron chi connectivity index (χ2n) is 7.98. The minimum Gasteiger partial charge on any atom is -0.490 e. The van der Waals surface area contributed by atoms with Crippen molar-refractivity contribution in [2.24, 2.45) is 5.92 Å². The fraction of sp³-hybridized carbons (Fsp3) is 0.455. The van der Waals surface area contributed by atoms with Crippen molar-refractivity contribution in [3.05, 3.63) is 47.5 Å². The Balaban J connectivity index is 1.31. The number of aryl methyl sites for hydroxylation is 1. The number of ether oxygens (including phenoxy) is 1. The topological polar surface area (TPSA) is 45.7 Å². The zero-order valence-electron chi connectivity index (χ0n) is 17.0. The number of fused-ring (bicyclic) bond motifs is 1. The van der Waals surface area contributed by atoms with Crippen LogP contribution in [-0.2, 0) is 11.2 Å². The Hall–Kier alpha value is -2.77. The minimum absolute atomic E-state index is 0.0178. The van der Waals surface area contributed by atoms with E-state index in [1.54, 1.807) is 11.1 Å². The predicted octanol–water partition coefficient (Wildman–Crippen LogP) is 4.09. The van der Waals surface area contributed by atoms with Crippen molar-refractivity contribution in [3.8, 4) is 5.75 Å². The lowest BCUT2D eigenvalue weighted by Gasteiger charge is -2.36. The molecule has 5 nitrogen and oxygen atoms in total. The summed E-state index contributed by atoms with van der Waals surface area (Å²) < 4.78 is 45.2. The monoisotopic (exact) mass is 419 g/mol. The molecule has 1 aromatic carbocycles. The highest BCUT2D eigenvalue weighted by Crippen LogP contribution is 2.36. The fourth-order valence-corrected chi connectivity index (χ4v) is 4.14. The highest BCUT2D eigenvalue weighted by Gasteiger charge is 2.31. The number of hydrogen-bond acceptors (Lipinski definition) is 4. The van der Waals surface area contributed by atoms with Gasteiger partial charge < -0.3 is 14.5 Å². The summed E-state index contributed by atoms with van der Waals surface area (Å²) in [5.41, 5.74) is 2.82. The fourth-order valence-electron chi connectivity index (χ4n) is 4.14. The van der Waals surface area contributed by atoms with E-state index in [1.807, 2.05) is 24.9 Å². The largest absolute Gasteiger partial charge is 0.490 e. The number of benzene rings is 1. The van der Waals surface area contributed by atoms with E-state index in [0.717, 1.165) is 54.9 Å². The summed E-state index contributed by atoms with van der Waals surface area (Å²) >= 11 is 0. The van der Waals surface area contributed by atoms with Gasteiger partial charge in [0.2, 0.25) is 5.91 Å². The summed E-state index contributed by atoms with van der Waals surface area (Å²) in [7, 11) is 1.91. The molecule has 1 aliphatic heterocycles. The van der Waals surface area contributed by atoms with Gasteiger partial charge in [0.05, 0.1) is 30.2 Å². The molecule has 0 N–H and O–H groups in total. The van der Waals surface area contributed by atoms with E-state index in [9.17, 15) is 18.0 Å². The van der Waals surface area contributed by atoms with Crippen molar-refractivity contribution in [3.63, 3.8) is 0 Å². The molecule has 2 aliphatic rings. The Labute approximate surface area is 173 Å². The molecule has 1 aliphatic carbocycles. The molecule has 0 unspecified atom stereocenters. The van der Waals surface area contributed by atoms with Gasteiger partial charge in [0.1, 0.15) is 5.75 Å². The molecule has 1 amide bonds. The Morgan fingerprint density at radius 3 is 2.50 bits per heavy atom. The van der Waals surface area contributed by atoms with Crippen LogP contribution in [0.25, 0.3) is 0 Å². The molecule has 0 radical (unpaired) electrons. The van der Waals surface area contributed by atoms with E-state index in [1.165, 1.54) is 0 Å². The van der Waals surface area contributed by atoms with Crippen molar-refractivity contribution in [2.75, 3.05) is 29.9 Å². The van der Waals surface area contributed by atoms with E-state index in [4.69, 9.17) is 4.74 Å². The Kier molecular flexibility index (Phi) is 5.58. The van der Waals surface area contributed by atoms with Gasteiger partial charge in [0.25, 0.3) is 0 Å². The van der Waals surface area contributed by atoms with E-state index >= 15 is 0 Å². The van der Waals surface area contributed by atoms with Gasteiger partial charge in [-0.1, -0.05) is 0 Å². The highest BCUT2D eigenvalue weighted by molar-refractivity contribution is 6.02. The summed E-state index contributed by atoms with van der Waals surface area (Å²) in [6.45, 7) is 2.92. The van der Waals surface area contributed by atoms with Gasteiger partial charge in [-0.3, -0.25) is 9.78 Å². The molecule has 1 aromatic heterocycles. The minimum atomic E-state index is -1.48. The van der Waals surface area contributed by atoms with E-state index in [-0.39, 0.29) is 17.8 Å². The molecule has 0 saturated heterocycles. The van der Waals surface area contributed by atoms with Crippen LogP contribution in [0.3, 0.4) is 0 Å². The molecule has 2 aromatic rings. The van der Waals surface area contributed by atoms with Crippen LogP contribution in [0.2, 0.25) is 0 Å². The van der Waals surface area contributed by atoms with Crippen LogP contribution in [0.15, 0.2) is 24.4 Å². The smallest absolute Gasteiger partial charge is 0.246 e. The van der Waals surface area contributed by atoms with Crippen molar-refractivity contribution >= 4 is 17.3 Å². The number of anilines is 2. The van der Waals surface area contributed by atoms with Gasteiger partial charge in [-0.05, 0) is 44.6 Å². The SMILES string of the molecule is CCN1C(=O)CN(C)c2cc(CCC3CC(Oc4cc(F)c(F)c(F)c4)C3)ncc21.